The Balaban J connectivity index is 1.70. The average molecular weight is 257 g/mol. The predicted molar refractivity (Wildman–Crippen MR) is 66.5 cm³/mol. The molecule has 0 aromatic carbocycles. The summed E-state index contributed by atoms with van der Waals surface area (Å²) in [4.78, 5) is 0. The number of rotatable bonds is 7. The number of ether oxygens (including phenoxy) is 2. The van der Waals surface area contributed by atoms with Crippen molar-refractivity contribution in [3.63, 3.8) is 0 Å². The summed E-state index contributed by atoms with van der Waals surface area (Å²) in [6.45, 7) is 4.23. The second-order valence-corrected chi connectivity index (χ2v) is 5.18. The van der Waals surface area contributed by atoms with Crippen LogP contribution in [0, 0.1) is 0 Å². The molecule has 96 valence electrons. The van der Waals surface area contributed by atoms with Crippen molar-refractivity contribution in [1.29, 1.82) is 0 Å². The lowest BCUT2D eigenvalue weighted by Gasteiger charge is -2.01. The second-order valence-electron chi connectivity index (χ2n) is 4.09. The Kier molecular flexibility index (Phi) is 5.31. The largest absolute Gasteiger partial charge is 0.383 e. The molecule has 0 saturated carbocycles. The fourth-order valence-corrected chi connectivity index (χ4v) is 2.72. The third-order valence-electron chi connectivity index (χ3n) is 2.76. The normalized spacial score (nSPS) is 19.9. The van der Waals surface area contributed by atoms with Gasteiger partial charge in [-0.1, -0.05) is 0 Å². The van der Waals surface area contributed by atoms with Gasteiger partial charge >= 0.3 is 0 Å². The lowest BCUT2D eigenvalue weighted by molar-refractivity contribution is 0.194. The van der Waals surface area contributed by atoms with Crippen LogP contribution in [0.3, 0.4) is 0 Å². The van der Waals surface area contributed by atoms with Gasteiger partial charge in [-0.05, 0) is 6.42 Å². The van der Waals surface area contributed by atoms with Crippen LogP contribution >= 0.6 is 11.3 Å². The van der Waals surface area contributed by atoms with Crippen LogP contribution in [0.1, 0.15) is 22.4 Å². The quantitative estimate of drug-likeness (QED) is 0.733. The van der Waals surface area contributed by atoms with Crippen molar-refractivity contribution < 1.29 is 9.47 Å². The maximum Gasteiger partial charge on any atom is 0.122 e. The molecule has 1 N–H and O–H groups in total. The van der Waals surface area contributed by atoms with Crippen LogP contribution < -0.4 is 5.32 Å². The summed E-state index contributed by atoms with van der Waals surface area (Å²) in [6.07, 6.45) is 2.02. The smallest absolute Gasteiger partial charge is 0.122 e. The molecule has 0 aliphatic carbocycles. The van der Waals surface area contributed by atoms with E-state index < -0.39 is 0 Å². The van der Waals surface area contributed by atoms with Gasteiger partial charge < -0.3 is 14.8 Å². The van der Waals surface area contributed by atoms with E-state index >= 15 is 0 Å². The zero-order valence-electron chi connectivity index (χ0n) is 10.1. The van der Waals surface area contributed by atoms with E-state index in [4.69, 9.17) is 9.47 Å². The fraction of sp³-hybridized carbons (Fsp3) is 0.818. The molecule has 5 nitrogen and oxygen atoms in total. The average Bonchev–Trinajstić information content (AvgIpc) is 2.99. The Morgan fingerprint density at radius 1 is 1.47 bits per heavy atom. The monoisotopic (exact) mass is 257 g/mol. The Bertz CT molecular complexity index is 326. The topological polar surface area (TPSA) is 56.3 Å². The van der Waals surface area contributed by atoms with Gasteiger partial charge in [-0.2, -0.15) is 0 Å². The van der Waals surface area contributed by atoms with Crippen LogP contribution in [0.25, 0.3) is 0 Å². The second kappa shape index (κ2) is 7.00. The number of aromatic nitrogens is 2. The Morgan fingerprint density at radius 3 is 3.18 bits per heavy atom. The molecule has 1 aliphatic rings. The molecule has 1 aromatic heterocycles. The first-order valence-electron chi connectivity index (χ1n) is 6.00. The Morgan fingerprint density at radius 2 is 2.41 bits per heavy atom. The van der Waals surface area contributed by atoms with Crippen LogP contribution in [0.15, 0.2) is 0 Å². The van der Waals surface area contributed by atoms with E-state index in [1.807, 2.05) is 0 Å². The molecule has 1 atom stereocenters. The van der Waals surface area contributed by atoms with Gasteiger partial charge in [0.1, 0.15) is 10.0 Å². The van der Waals surface area contributed by atoms with Gasteiger partial charge in [0.2, 0.25) is 0 Å². The predicted octanol–water partition coefficient (Wildman–Crippen LogP) is 0.820. The summed E-state index contributed by atoms with van der Waals surface area (Å²) in [5, 5.41) is 14.0. The molecule has 1 aliphatic heterocycles. The van der Waals surface area contributed by atoms with E-state index in [1.165, 1.54) is 0 Å². The maximum atomic E-state index is 5.36. The molecule has 0 spiro atoms. The van der Waals surface area contributed by atoms with Crippen LogP contribution in [0.5, 0.6) is 0 Å². The maximum absolute atomic E-state index is 5.36. The number of nitrogens with one attached hydrogen (secondary N) is 1. The third-order valence-corrected chi connectivity index (χ3v) is 3.91. The summed E-state index contributed by atoms with van der Waals surface area (Å²) in [7, 11) is 1.71. The molecule has 1 saturated heterocycles. The van der Waals surface area contributed by atoms with Gasteiger partial charge in [-0.25, -0.2) is 0 Å². The SMILES string of the molecule is COCCNCCc1nnc(C2CCOC2)s1. The summed E-state index contributed by atoms with van der Waals surface area (Å²) < 4.78 is 10.3. The Labute approximate surface area is 106 Å². The summed E-state index contributed by atoms with van der Waals surface area (Å²) >= 11 is 1.72. The summed E-state index contributed by atoms with van der Waals surface area (Å²) in [5.74, 6) is 0.475. The highest BCUT2D eigenvalue weighted by atomic mass is 32.1. The van der Waals surface area contributed by atoms with Crippen LogP contribution in [-0.2, 0) is 15.9 Å². The highest BCUT2D eigenvalue weighted by molar-refractivity contribution is 7.11. The molecule has 0 amide bonds. The molecule has 1 unspecified atom stereocenters. The van der Waals surface area contributed by atoms with E-state index in [9.17, 15) is 0 Å². The minimum Gasteiger partial charge on any atom is -0.383 e. The molecule has 2 heterocycles. The summed E-state index contributed by atoms with van der Waals surface area (Å²) in [5.41, 5.74) is 0. The van der Waals surface area contributed by atoms with E-state index in [2.05, 4.69) is 15.5 Å². The van der Waals surface area contributed by atoms with Crippen molar-refractivity contribution in [2.75, 3.05) is 40.0 Å². The van der Waals surface area contributed by atoms with Crippen LogP contribution in [0.2, 0.25) is 0 Å². The zero-order chi connectivity index (χ0) is 11.9. The van der Waals surface area contributed by atoms with E-state index in [-0.39, 0.29) is 0 Å². The molecule has 0 bridgehead atoms. The molecule has 6 heteroatoms. The first kappa shape index (κ1) is 12.9. The third kappa shape index (κ3) is 3.99. The number of hydrogen-bond donors (Lipinski definition) is 1. The number of nitrogens with zero attached hydrogens (tertiary/aromatic N) is 2. The first-order valence-corrected chi connectivity index (χ1v) is 6.81. The molecular formula is C11H19N3O2S. The van der Waals surface area contributed by atoms with Crippen molar-refractivity contribution >= 4 is 11.3 Å². The van der Waals surface area contributed by atoms with Crippen molar-refractivity contribution in [2.45, 2.75) is 18.8 Å². The van der Waals surface area contributed by atoms with E-state index in [1.54, 1.807) is 18.4 Å². The van der Waals surface area contributed by atoms with Gasteiger partial charge in [0.25, 0.3) is 0 Å². The van der Waals surface area contributed by atoms with Crippen LogP contribution in [0.4, 0.5) is 0 Å². The van der Waals surface area contributed by atoms with Crippen molar-refractivity contribution in [2.24, 2.45) is 0 Å². The molecule has 2 rings (SSSR count). The van der Waals surface area contributed by atoms with Gasteiger partial charge in [-0.15, -0.1) is 21.5 Å². The van der Waals surface area contributed by atoms with Crippen LogP contribution in [-0.4, -0.2) is 50.2 Å². The standard InChI is InChI=1S/C11H19N3O2S/c1-15-7-5-12-4-2-10-13-14-11(17-10)9-3-6-16-8-9/h9,12H,2-8H2,1H3. The van der Waals surface area contributed by atoms with Gasteiger partial charge in [-0.3, -0.25) is 0 Å². The van der Waals surface area contributed by atoms with Gasteiger partial charge in [0.15, 0.2) is 0 Å². The minimum absolute atomic E-state index is 0.475. The first-order chi connectivity index (χ1) is 8.40. The lowest BCUT2D eigenvalue weighted by atomic mass is 10.1. The summed E-state index contributed by atoms with van der Waals surface area (Å²) in [6, 6.07) is 0. The van der Waals surface area contributed by atoms with E-state index in [0.717, 1.165) is 55.8 Å². The molecular weight excluding hydrogens is 238 g/mol. The number of hydrogen-bond acceptors (Lipinski definition) is 6. The van der Waals surface area contributed by atoms with E-state index in [0.29, 0.717) is 5.92 Å². The number of methoxy groups -OCH3 is 1. The van der Waals surface area contributed by atoms with Gasteiger partial charge in [0, 0.05) is 39.1 Å². The zero-order valence-corrected chi connectivity index (χ0v) is 11.0. The molecule has 1 aromatic rings. The molecule has 0 radical (unpaired) electrons. The molecule has 1 fully saturated rings. The van der Waals surface area contributed by atoms with Gasteiger partial charge in [0.05, 0.1) is 13.2 Å². The van der Waals surface area contributed by atoms with Crippen molar-refractivity contribution in [3.05, 3.63) is 10.0 Å². The van der Waals surface area contributed by atoms with Crippen molar-refractivity contribution in [1.82, 2.24) is 15.5 Å². The van der Waals surface area contributed by atoms with Crippen molar-refractivity contribution in [3.8, 4) is 0 Å². The highest BCUT2D eigenvalue weighted by Crippen LogP contribution is 2.27. The fourth-order valence-electron chi connectivity index (χ4n) is 1.76. The Hall–Kier alpha value is -0.560. The minimum atomic E-state index is 0.475. The lowest BCUT2D eigenvalue weighted by Crippen LogP contribution is -2.21. The molecule has 17 heavy (non-hydrogen) atoms. The highest BCUT2D eigenvalue weighted by Gasteiger charge is 2.21.